The smallest absolute Gasteiger partial charge is 0.269 e. The first-order valence-electron chi connectivity index (χ1n) is 8.61. The molecular weight excluding hydrogens is 352 g/mol. The minimum absolute atomic E-state index is 0.125. The number of hydrogen-bond acceptors (Lipinski definition) is 4. The van der Waals surface area contributed by atoms with E-state index in [1.807, 2.05) is 32.9 Å². The molecule has 26 heavy (non-hydrogen) atoms. The molecule has 1 aromatic carbocycles. The summed E-state index contributed by atoms with van der Waals surface area (Å²) in [4.78, 5) is 12.6. The standard InChI is InChI=1S/C18H26N4O3S/c1-5-22-17(10-16(21-22)13(2)3)18(23)20-11-14-8-6-7-9-15(14)12-26(24,25)19-4/h6-10,13,19H,5,11-12H2,1-4H3,(H,20,23). The number of carbonyl (C=O) groups is 1. The Balaban J connectivity index is 2.16. The van der Waals surface area contributed by atoms with Crippen LogP contribution in [-0.4, -0.2) is 31.2 Å². The van der Waals surface area contributed by atoms with Crippen molar-refractivity contribution in [3.63, 3.8) is 0 Å². The van der Waals surface area contributed by atoms with Crippen molar-refractivity contribution in [3.05, 3.63) is 52.8 Å². The molecule has 0 unspecified atom stereocenters. The first-order chi connectivity index (χ1) is 12.3. The number of nitrogens with one attached hydrogen (secondary N) is 2. The van der Waals surface area contributed by atoms with E-state index in [4.69, 9.17) is 0 Å². The number of sulfonamides is 1. The van der Waals surface area contributed by atoms with E-state index < -0.39 is 10.0 Å². The lowest BCUT2D eigenvalue weighted by atomic mass is 10.1. The van der Waals surface area contributed by atoms with Gasteiger partial charge in [0.05, 0.1) is 11.4 Å². The van der Waals surface area contributed by atoms with Crippen LogP contribution in [0.4, 0.5) is 0 Å². The highest BCUT2D eigenvalue weighted by atomic mass is 32.2. The maximum absolute atomic E-state index is 12.6. The van der Waals surface area contributed by atoms with Crippen molar-refractivity contribution in [2.24, 2.45) is 0 Å². The molecule has 142 valence electrons. The maximum atomic E-state index is 12.6. The first kappa shape index (κ1) is 20.1. The lowest BCUT2D eigenvalue weighted by molar-refractivity contribution is 0.0940. The molecule has 1 heterocycles. The number of carbonyl (C=O) groups excluding carboxylic acids is 1. The quantitative estimate of drug-likeness (QED) is 0.735. The summed E-state index contributed by atoms with van der Waals surface area (Å²) >= 11 is 0. The van der Waals surface area contributed by atoms with Crippen molar-refractivity contribution in [2.45, 2.75) is 45.5 Å². The number of benzene rings is 1. The van der Waals surface area contributed by atoms with Crippen LogP contribution in [0.3, 0.4) is 0 Å². The van der Waals surface area contributed by atoms with E-state index in [9.17, 15) is 13.2 Å². The van der Waals surface area contributed by atoms with E-state index in [-0.39, 0.29) is 24.1 Å². The Morgan fingerprint density at radius 1 is 1.23 bits per heavy atom. The second-order valence-corrected chi connectivity index (χ2v) is 8.27. The number of rotatable bonds is 8. The van der Waals surface area contributed by atoms with Crippen LogP contribution < -0.4 is 10.0 Å². The van der Waals surface area contributed by atoms with Crippen molar-refractivity contribution in [1.29, 1.82) is 0 Å². The fourth-order valence-electron chi connectivity index (χ4n) is 2.56. The van der Waals surface area contributed by atoms with Crippen LogP contribution >= 0.6 is 0 Å². The average Bonchev–Trinajstić information content (AvgIpc) is 3.05. The van der Waals surface area contributed by atoms with E-state index in [0.29, 0.717) is 17.8 Å². The molecule has 0 aliphatic carbocycles. The number of aryl methyl sites for hydroxylation is 1. The summed E-state index contributed by atoms with van der Waals surface area (Å²) in [5.74, 6) is -0.112. The van der Waals surface area contributed by atoms with Crippen molar-refractivity contribution >= 4 is 15.9 Å². The van der Waals surface area contributed by atoms with Gasteiger partial charge >= 0.3 is 0 Å². The Kier molecular flexibility index (Phi) is 6.55. The van der Waals surface area contributed by atoms with Gasteiger partial charge in [-0.2, -0.15) is 5.10 Å². The van der Waals surface area contributed by atoms with Crippen LogP contribution in [0.25, 0.3) is 0 Å². The molecule has 0 radical (unpaired) electrons. The SMILES string of the molecule is CCn1nc(C(C)C)cc1C(=O)NCc1ccccc1CS(=O)(=O)NC. The summed E-state index contributed by atoms with van der Waals surface area (Å²) in [5.41, 5.74) is 2.81. The summed E-state index contributed by atoms with van der Waals surface area (Å²) in [6.45, 7) is 6.85. The summed E-state index contributed by atoms with van der Waals surface area (Å²) in [6.07, 6.45) is 0. The minimum Gasteiger partial charge on any atom is -0.347 e. The molecule has 7 nitrogen and oxygen atoms in total. The highest BCUT2D eigenvalue weighted by Gasteiger charge is 2.17. The average molecular weight is 378 g/mol. The van der Waals surface area contributed by atoms with Crippen molar-refractivity contribution in [2.75, 3.05) is 7.05 Å². The van der Waals surface area contributed by atoms with Crippen LogP contribution in [0.5, 0.6) is 0 Å². The van der Waals surface area contributed by atoms with Crippen LogP contribution in [0.2, 0.25) is 0 Å². The maximum Gasteiger partial charge on any atom is 0.269 e. The molecule has 0 atom stereocenters. The van der Waals surface area contributed by atoms with Gasteiger partial charge in [0.15, 0.2) is 0 Å². The number of nitrogens with zero attached hydrogens (tertiary/aromatic N) is 2. The van der Waals surface area contributed by atoms with Gasteiger partial charge in [-0.1, -0.05) is 38.1 Å². The van der Waals surface area contributed by atoms with Gasteiger partial charge in [0.2, 0.25) is 10.0 Å². The molecule has 1 aromatic heterocycles. The predicted molar refractivity (Wildman–Crippen MR) is 101 cm³/mol. The molecule has 2 rings (SSSR count). The van der Waals surface area contributed by atoms with Gasteiger partial charge in [-0.3, -0.25) is 9.48 Å². The van der Waals surface area contributed by atoms with Gasteiger partial charge in [0, 0.05) is 13.1 Å². The molecule has 0 aliphatic heterocycles. The zero-order chi connectivity index (χ0) is 19.3. The van der Waals surface area contributed by atoms with Crippen LogP contribution in [0.15, 0.2) is 30.3 Å². The van der Waals surface area contributed by atoms with Gasteiger partial charge in [-0.15, -0.1) is 0 Å². The third-order valence-corrected chi connectivity index (χ3v) is 5.45. The Morgan fingerprint density at radius 3 is 2.46 bits per heavy atom. The van der Waals surface area contributed by atoms with Gasteiger partial charge in [-0.05, 0) is 37.1 Å². The molecule has 2 N–H and O–H groups in total. The number of hydrogen-bond donors (Lipinski definition) is 2. The van der Waals surface area contributed by atoms with Gasteiger partial charge < -0.3 is 5.32 Å². The Labute approximate surface area is 154 Å². The van der Waals surface area contributed by atoms with Crippen LogP contribution in [0.1, 0.15) is 54.0 Å². The molecule has 0 fully saturated rings. The largest absolute Gasteiger partial charge is 0.347 e. The van der Waals surface area contributed by atoms with E-state index >= 15 is 0 Å². The fraction of sp³-hybridized carbons (Fsp3) is 0.444. The normalized spacial score (nSPS) is 11.7. The van der Waals surface area contributed by atoms with Gasteiger partial charge in [0.25, 0.3) is 5.91 Å². The number of amides is 1. The molecule has 0 bridgehead atoms. The molecule has 0 aliphatic rings. The van der Waals surface area contributed by atoms with Crippen LogP contribution in [0, 0.1) is 0 Å². The minimum atomic E-state index is -3.38. The van der Waals surface area contributed by atoms with E-state index in [0.717, 1.165) is 11.3 Å². The van der Waals surface area contributed by atoms with E-state index in [1.54, 1.807) is 22.9 Å². The molecule has 8 heteroatoms. The highest BCUT2D eigenvalue weighted by Crippen LogP contribution is 2.16. The molecule has 1 amide bonds. The number of aromatic nitrogens is 2. The third-order valence-electron chi connectivity index (χ3n) is 4.14. The summed E-state index contributed by atoms with van der Waals surface area (Å²) in [6, 6.07) is 8.99. The topological polar surface area (TPSA) is 93.1 Å². The lowest BCUT2D eigenvalue weighted by Crippen LogP contribution is -2.27. The zero-order valence-electron chi connectivity index (χ0n) is 15.6. The molecule has 0 saturated heterocycles. The lowest BCUT2D eigenvalue weighted by Gasteiger charge is -2.11. The monoisotopic (exact) mass is 378 g/mol. The fourth-order valence-corrected chi connectivity index (χ4v) is 3.39. The van der Waals surface area contributed by atoms with Gasteiger partial charge in [0.1, 0.15) is 5.69 Å². The summed E-state index contributed by atoms with van der Waals surface area (Å²) < 4.78 is 27.6. The van der Waals surface area contributed by atoms with Crippen molar-refractivity contribution in [3.8, 4) is 0 Å². The third kappa shape index (κ3) is 4.92. The second-order valence-electron chi connectivity index (χ2n) is 6.34. The summed E-state index contributed by atoms with van der Waals surface area (Å²) in [5, 5.41) is 7.32. The predicted octanol–water partition coefficient (Wildman–Crippen LogP) is 2.01. The van der Waals surface area contributed by atoms with E-state index in [1.165, 1.54) is 7.05 Å². The highest BCUT2D eigenvalue weighted by molar-refractivity contribution is 7.88. The molecule has 0 saturated carbocycles. The zero-order valence-corrected chi connectivity index (χ0v) is 16.4. The van der Waals surface area contributed by atoms with Gasteiger partial charge in [-0.25, -0.2) is 13.1 Å². The van der Waals surface area contributed by atoms with Crippen LogP contribution in [-0.2, 0) is 28.9 Å². The summed E-state index contributed by atoms with van der Waals surface area (Å²) in [7, 11) is -1.99. The molecule has 2 aromatic rings. The second kappa shape index (κ2) is 8.46. The Bertz CT molecular complexity index is 872. The molecular formula is C18H26N4O3S. The van der Waals surface area contributed by atoms with Crippen molar-refractivity contribution in [1.82, 2.24) is 19.8 Å². The Hall–Kier alpha value is -2.19. The van der Waals surface area contributed by atoms with E-state index in [2.05, 4.69) is 15.1 Å². The molecule has 0 spiro atoms. The van der Waals surface area contributed by atoms with Crippen molar-refractivity contribution < 1.29 is 13.2 Å². The Morgan fingerprint density at radius 2 is 1.88 bits per heavy atom. The first-order valence-corrected chi connectivity index (χ1v) is 10.3.